The summed E-state index contributed by atoms with van der Waals surface area (Å²) in [5.41, 5.74) is 11.5. The number of halogens is 1. The third-order valence-electron chi connectivity index (χ3n) is 2.75. The Morgan fingerprint density at radius 1 is 1.38 bits per heavy atom. The summed E-state index contributed by atoms with van der Waals surface area (Å²) in [4.78, 5) is 27.1. The molecule has 110 valence electrons. The average Bonchev–Trinajstić information content (AvgIpc) is 2.87. The zero-order chi connectivity index (χ0) is 15.4. The molecule has 0 aliphatic carbocycles. The summed E-state index contributed by atoms with van der Waals surface area (Å²) in [5, 5.41) is 2.81. The van der Waals surface area contributed by atoms with Crippen LogP contribution in [0.25, 0.3) is 0 Å². The van der Waals surface area contributed by atoms with Crippen molar-refractivity contribution in [2.45, 2.75) is 6.54 Å². The van der Waals surface area contributed by atoms with Crippen LogP contribution < -0.4 is 16.8 Å². The van der Waals surface area contributed by atoms with Gasteiger partial charge in [0.2, 0.25) is 5.91 Å². The van der Waals surface area contributed by atoms with Crippen molar-refractivity contribution in [1.82, 2.24) is 9.55 Å². The van der Waals surface area contributed by atoms with Crippen molar-refractivity contribution in [1.29, 1.82) is 0 Å². The average molecular weight is 308 g/mol. The fourth-order valence-corrected chi connectivity index (χ4v) is 2.01. The first-order valence-corrected chi connectivity index (χ1v) is 6.51. The fraction of sp³-hybridized carbons (Fsp3) is 0.154. The molecule has 1 heterocycles. The lowest BCUT2D eigenvalue weighted by molar-refractivity contribution is 0.0998. The molecule has 0 fully saturated rings. The number of carbonyl (C=O) groups is 2. The molecule has 2 rings (SSSR count). The normalized spacial score (nSPS) is 10.4. The van der Waals surface area contributed by atoms with Gasteiger partial charge in [0.25, 0.3) is 5.91 Å². The van der Waals surface area contributed by atoms with E-state index in [4.69, 9.17) is 23.1 Å². The van der Waals surface area contributed by atoms with Crippen LogP contribution in [0.4, 0.5) is 5.69 Å². The monoisotopic (exact) mass is 307 g/mol. The van der Waals surface area contributed by atoms with E-state index < -0.39 is 5.91 Å². The molecule has 0 radical (unpaired) electrons. The minimum Gasteiger partial charge on any atom is -0.366 e. The molecule has 1 aromatic heterocycles. The highest BCUT2D eigenvalue weighted by atomic mass is 35.5. The maximum atomic E-state index is 12.0. The van der Waals surface area contributed by atoms with Crippen molar-refractivity contribution < 1.29 is 9.59 Å². The molecule has 0 bridgehead atoms. The van der Waals surface area contributed by atoms with Crippen LogP contribution >= 0.6 is 11.6 Å². The first kappa shape index (κ1) is 15.0. The Morgan fingerprint density at radius 2 is 2.14 bits per heavy atom. The van der Waals surface area contributed by atoms with Crippen LogP contribution in [-0.4, -0.2) is 27.9 Å². The van der Waals surface area contributed by atoms with Gasteiger partial charge in [-0.25, -0.2) is 4.98 Å². The fourth-order valence-electron chi connectivity index (χ4n) is 1.74. The number of nitrogens with zero attached hydrogens (tertiary/aromatic N) is 2. The van der Waals surface area contributed by atoms with Crippen LogP contribution in [0.2, 0.25) is 5.02 Å². The Labute approximate surface area is 125 Å². The molecule has 0 spiro atoms. The second kappa shape index (κ2) is 6.38. The molecule has 21 heavy (non-hydrogen) atoms. The van der Waals surface area contributed by atoms with E-state index in [-0.39, 0.29) is 22.2 Å². The highest BCUT2D eigenvalue weighted by Crippen LogP contribution is 2.21. The summed E-state index contributed by atoms with van der Waals surface area (Å²) < 4.78 is 1.72. The number of aromatic nitrogens is 2. The van der Waals surface area contributed by atoms with E-state index in [0.717, 1.165) is 0 Å². The van der Waals surface area contributed by atoms with Crippen LogP contribution in [0.5, 0.6) is 0 Å². The van der Waals surface area contributed by atoms with Gasteiger partial charge in [0, 0.05) is 25.0 Å². The lowest BCUT2D eigenvalue weighted by Gasteiger charge is -2.06. The van der Waals surface area contributed by atoms with E-state index in [1.807, 2.05) is 0 Å². The summed E-state index contributed by atoms with van der Waals surface area (Å²) >= 11 is 5.91. The molecule has 0 saturated heterocycles. The molecular formula is C13H14ClN5O2. The third kappa shape index (κ3) is 3.59. The van der Waals surface area contributed by atoms with Gasteiger partial charge in [-0.2, -0.15) is 0 Å². The van der Waals surface area contributed by atoms with Crippen LogP contribution in [0.15, 0.2) is 30.7 Å². The van der Waals surface area contributed by atoms with Gasteiger partial charge >= 0.3 is 0 Å². The zero-order valence-corrected chi connectivity index (χ0v) is 11.8. The molecule has 2 amide bonds. The standard InChI is InChI=1S/C13H14ClN5O2/c14-10-5-8(1-2-9(10)12(16)20)18-13(21)11-6-19(4-3-15)7-17-11/h1-2,5-7H,3-4,15H2,(H2,16,20)(H,18,21). The number of benzene rings is 1. The molecule has 0 aliphatic rings. The van der Waals surface area contributed by atoms with Crippen LogP contribution in [0.1, 0.15) is 20.8 Å². The van der Waals surface area contributed by atoms with E-state index in [1.54, 1.807) is 16.8 Å². The van der Waals surface area contributed by atoms with Gasteiger partial charge in [0.15, 0.2) is 0 Å². The molecule has 5 N–H and O–H groups in total. The van der Waals surface area contributed by atoms with E-state index >= 15 is 0 Å². The van der Waals surface area contributed by atoms with Gasteiger partial charge in [-0.1, -0.05) is 11.6 Å². The molecule has 0 saturated carbocycles. The van der Waals surface area contributed by atoms with Crippen molar-refractivity contribution in [3.63, 3.8) is 0 Å². The minimum atomic E-state index is -0.626. The Bertz CT molecular complexity index is 683. The van der Waals surface area contributed by atoms with E-state index in [2.05, 4.69) is 10.3 Å². The van der Waals surface area contributed by atoms with Crippen LogP contribution in [0.3, 0.4) is 0 Å². The summed E-state index contributed by atoms with van der Waals surface area (Å²) in [6.07, 6.45) is 3.13. The highest BCUT2D eigenvalue weighted by Gasteiger charge is 2.12. The van der Waals surface area contributed by atoms with Gasteiger partial charge in [-0.05, 0) is 18.2 Å². The number of rotatable bonds is 5. The molecule has 7 nitrogen and oxygen atoms in total. The third-order valence-corrected chi connectivity index (χ3v) is 3.06. The predicted octanol–water partition coefficient (Wildman–Crippen LogP) is 0.846. The summed E-state index contributed by atoms with van der Waals surface area (Å²) in [7, 11) is 0. The maximum absolute atomic E-state index is 12.0. The van der Waals surface area contributed by atoms with Gasteiger partial charge in [-0.3, -0.25) is 9.59 Å². The van der Waals surface area contributed by atoms with Crippen molar-refractivity contribution in [3.05, 3.63) is 47.0 Å². The molecule has 1 aromatic carbocycles. The van der Waals surface area contributed by atoms with Crippen LogP contribution in [-0.2, 0) is 6.54 Å². The number of carbonyl (C=O) groups excluding carboxylic acids is 2. The van der Waals surface area contributed by atoms with Gasteiger partial charge < -0.3 is 21.4 Å². The SMILES string of the molecule is NCCn1cnc(C(=O)Nc2ccc(C(N)=O)c(Cl)c2)c1. The van der Waals surface area contributed by atoms with Crippen molar-refractivity contribution >= 4 is 29.1 Å². The highest BCUT2D eigenvalue weighted by molar-refractivity contribution is 6.34. The first-order valence-electron chi connectivity index (χ1n) is 6.14. The van der Waals surface area contributed by atoms with Gasteiger partial charge in [0.1, 0.15) is 5.69 Å². The number of imidazole rings is 1. The van der Waals surface area contributed by atoms with E-state index in [0.29, 0.717) is 18.8 Å². The molecule has 0 aliphatic heterocycles. The topological polar surface area (TPSA) is 116 Å². The number of hydrogen-bond donors (Lipinski definition) is 3. The number of primary amides is 1. The number of amides is 2. The quantitative estimate of drug-likeness (QED) is 0.759. The van der Waals surface area contributed by atoms with E-state index in [1.165, 1.54) is 18.5 Å². The molecule has 8 heteroatoms. The second-order valence-corrected chi connectivity index (χ2v) is 4.71. The van der Waals surface area contributed by atoms with Crippen molar-refractivity contribution in [3.8, 4) is 0 Å². The van der Waals surface area contributed by atoms with Gasteiger partial charge in [-0.15, -0.1) is 0 Å². The minimum absolute atomic E-state index is 0.175. The summed E-state index contributed by atoms with van der Waals surface area (Å²) in [6, 6.07) is 4.45. The number of hydrogen-bond acceptors (Lipinski definition) is 4. The first-order chi connectivity index (χ1) is 10.0. The maximum Gasteiger partial charge on any atom is 0.275 e. The molecule has 0 atom stereocenters. The smallest absolute Gasteiger partial charge is 0.275 e. The van der Waals surface area contributed by atoms with Crippen molar-refractivity contribution in [2.75, 3.05) is 11.9 Å². The second-order valence-electron chi connectivity index (χ2n) is 4.30. The lowest BCUT2D eigenvalue weighted by atomic mass is 10.2. The molecular weight excluding hydrogens is 294 g/mol. The Hall–Kier alpha value is -2.38. The van der Waals surface area contributed by atoms with E-state index in [9.17, 15) is 9.59 Å². The number of anilines is 1. The molecule has 2 aromatic rings. The number of nitrogens with one attached hydrogen (secondary N) is 1. The Morgan fingerprint density at radius 3 is 2.76 bits per heavy atom. The zero-order valence-electron chi connectivity index (χ0n) is 11.0. The summed E-state index contributed by atoms with van der Waals surface area (Å²) in [5.74, 6) is -1.01. The predicted molar refractivity (Wildman–Crippen MR) is 79.2 cm³/mol. The largest absolute Gasteiger partial charge is 0.366 e. The summed E-state index contributed by atoms with van der Waals surface area (Å²) in [6.45, 7) is 1.04. The van der Waals surface area contributed by atoms with Gasteiger partial charge in [0.05, 0.1) is 16.9 Å². The molecule has 0 unspecified atom stereocenters. The number of nitrogens with two attached hydrogens (primary N) is 2. The van der Waals surface area contributed by atoms with Crippen molar-refractivity contribution in [2.24, 2.45) is 11.5 Å². The Balaban J connectivity index is 2.11. The van der Waals surface area contributed by atoms with Crippen LogP contribution in [0, 0.1) is 0 Å². The lowest BCUT2D eigenvalue weighted by Crippen LogP contribution is -2.14. The Kier molecular flexibility index (Phi) is 4.56.